The number of piperazine rings is 1. The van der Waals surface area contributed by atoms with Gasteiger partial charge in [-0.25, -0.2) is 0 Å². The SMILES string of the molecule is CN(c1ccc(C(C)(C)Cc2cc(C(C)(C)C)ccc2CN2CCNCC2)cc1)C1CCOC1. The highest BCUT2D eigenvalue weighted by molar-refractivity contribution is 5.49. The van der Waals surface area contributed by atoms with Crippen LogP contribution in [-0.4, -0.2) is 57.4 Å². The molecule has 186 valence electrons. The van der Waals surface area contributed by atoms with Crippen molar-refractivity contribution in [3.05, 3.63) is 64.7 Å². The van der Waals surface area contributed by atoms with Gasteiger partial charge in [-0.05, 0) is 58.1 Å². The van der Waals surface area contributed by atoms with E-state index in [0.29, 0.717) is 6.04 Å². The van der Waals surface area contributed by atoms with Crippen LogP contribution in [0.15, 0.2) is 42.5 Å². The molecule has 2 aromatic carbocycles. The molecule has 2 aromatic rings. The molecular weight excluding hydrogens is 418 g/mol. The highest BCUT2D eigenvalue weighted by Crippen LogP contribution is 2.33. The van der Waals surface area contributed by atoms with Gasteiger partial charge in [0, 0.05) is 52.1 Å². The van der Waals surface area contributed by atoms with E-state index in [1.165, 1.54) is 27.9 Å². The van der Waals surface area contributed by atoms with E-state index in [-0.39, 0.29) is 10.8 Å². The van der Waals surface area contributed by atoms with Gasteiger partial charge < -0.3 is 15.0 Å². The summed E-state index contributed by atoms with van der Waals surface area (Å²) in [7, 11) is 2.19. The summed E-state index contributed by atoms with van der Waals surface area (Å²) in [6.07, 6.45) is 2.16. The molecule has 2 fully saturated rings. The molecule has 0 amide bonds. The molecule has 0 aromatic heterocycles. The number of hydrogen-bond acceptors (Lipinski definition) is 4. The van der Waals surface area contributed by atoms with Crippen LogP contribution in [0, 0.1) is 0 Å². The Morgan fingerprint density at radius 1 is 0.941 bits per heavy atom. The number of nitrogens with one attached hydrogen (secondary N) is 1. The predicted molar refractivity (Wildman–Crippen MR) is 144 cm³/mol. The first kappa shape index (κ1) is 25.2. The third-order valence-electron chi connectivity index (χ3n) is 7.82. The molecule has 0 bridgehead atoms. The monoisotopic (exact) mass is 463 g/mol. The van der Waals surface area contributed by atoms with Gasteiger partial charge in [0.2, 0.25) is 0 Å². The molecule has 4 nitrogen and oxygen atoms in total. The van der Waals surface area contributed by atoms with E-state index in [1.807, 2.05) is 0 Å². The van der Waals surface area contributed by atoms with Crippen LogP contribution in [0.2, 0.25) is 0 Å². The van der Waals surface area contributed by atoms with E-state index >= 15 is 0 Å². The van der Waals surface area contributed by atoms with Crippen LogP contribution in [0.3, 0.4) is 0 Å². The maximum Gasteiger partial charge on any atom is 0.0670 e. The second kappa shape index (κ2) is 10.4. The fourth-order valence-electron chi connectivity index (χ4n) is 5.29. The second-order valence-electron chi connectivity index (χ2n) is 12.0. The van der Waals surface area contributed by atoms with Gasteiger partial charge in [-0.3, -0.25) is 4.90 Å². The molecule has 0 spiro atoms. The fraction of sp³-hybridized carbons (Fsp3) is 0.600. The first-order valence-electron chi connectivity index (χ1n) is 13.1. The van der Waals surface area contributed by atoms with E-state index in [2.05, 4.69) is 99.2 Å². The van der Waals surface area contributed by atoms with Crippen molar-refractivity contribution in [3.8, 4) is 0 Å². The number of benzene rings is 2. The lowest BCUT2D eigenvalue weighted by atomic mass is 9.76. The normalized spacial score (nSPS) is 20.0. The third-order valence-corrected chi connectivity index (χ3v) is 7.82. The number of ether oxygens (including phenoxy) is 1. The minimum absolute atomic E-state index is 0.0578. The van der Waals surface area contributed by atoms with Gasteiger partial charge in [0.15, 0.2) is 0 Å². The Kier molecular flexibility index (Phi) is 7.71. The molecule has 2 aliphatic heterocycles. The molecule has 0 radical (unpaired) electrons. The Hall–Kier alpha value is -1.88. The van der Waals surface area contributed by atoms with Crippen molar-refractivity contribution in [2.45, 2.75) is 70.9 Å². The number of rotatable bonds is 7. The summed E-state index contributed by atoms with van der Waals surface area (Å²) in [5.74, 6) is 0. The van der Waals surface area contributed by atoms with Crippen molar-refractivity contribution in [1.29, 1.82) is 0 Å². The summed E-state index contributed by atoms with van der Waals surface area (Å²) in [4.78, 5) is 4.97. The Morgan fingerprint density at radius 2 is 1.62 bits per heavy atom. The molecule has 2 saturated heterocycles. The molecule has 4 rings (SSSR count). The van der Waals surface area contributed by atoms with Crippen LogP contribution in [0.25, 0.3) is 0 Å². The number of nitrogens with zero attached hydrogens (tertiary/aromatic N) is 2. The van der Waals surface area contributed by atoms with Crippen LogP contribution < -0.4 is 10.2 Å². The first-order valence-corrected chi connectivity index (χ1v) is 13.1. The second-order valence-corrected chi connectivity index (χ2v) is 12.0. The maximum absolute atomic E-state index is 5.59. The van der Waals surface area contributed by atoms with E-state index < -0.39 is 0 Å². The molecule has 4 heteroatoms. The summed E-state index contributed by atoms with van der Waals surface area (Å²) >= 11 is 0. The van der Waals surface area contributed by atoms with Crippen LogP contribution in [0.1, 0.15) is 63.3 Å². The minimum atomic E-state index is 0.0578. The van der Waals surface area contributed by atoms with Gasteiger partial charge in [0.1, 0.15) is 0 Å². The van der Waals surface area contributed by atoms with Gasteiger partial charge in [0.25, 0.3) is 0 Å². The average molecular weight is 464 g/mol. The van der Waals surface area contributed by atoms with Gasteiger partial charge >= 0.3 is 0 Å². The largest absolute Gasteiger partial charge is 0.379 e. The standard InChI is InChI=1S/C30H45N3O/c1-29(2,3)26-8-7-23(21-33-16-14-31-15-17-33)24(19-26)20-30(4,5)25-9-11-27(12-10-25)32(6)28-13-18-34-22-28/h7-12,19,28,31H,13-18,20-22H2,1-6H3. The lowest BCUT2D eigenvalue weighted by molar-refractivity contribution is 0.193. The highest BCUT2D eigenvalue weighted by Gasteiger charge is 2.26. The molecule has 0 saturated carbocycles. The number of anilines is 1. The molecule has 2 aliphatic rings. The Morgan fingerprint density at radius 3 is 2.24 bits per heavy atom. The Labute approximate surface area is 207 Å². The van der Waals surface area contributed by atoms with Crippen LogP contribution >= 0.6 is 0 Å². The molecule has 1 N–H and O–H groups in total. The lowest BCUT2D eigenvalue weighted by Crippen LogP contribution is -2.43. The summed E-state index contributed by atoms with van der Waals surface area (Å²) < 4.78 is 5.59. The molecule has 2 heterocycles. The van der Waals surface area contributed by atoms with E-state index in [1.54, 1.807) is 0 Å². The summed E-state index contributed by atoms with van der Waals surface area (Å²) in [5.41, 5.74) is 7.31. The van der Waals surface area contributed by atoms with E-state index in [9.17, 15) is 0 Å². The van der Waals surface area contributed by atoms with Gasteiger partial charge in [0.05, 0.1) is 12.6 Å². The zero-order chi connectivity index (χ0) is 24.3. The molecule has 0 aliphatic carbocycles. The quantitative estimate of drug-likeness (QED) is 0.616. The predicted octanol–water partition coefficient (Wildman–Crippen LogP) is 5.13. The van der Waals surface area contributed by atoms with Crippen molar-refractivity contribution >= 4 is 5.69 Å². The zero-order valence-corrected chi connectivity index (χ0v) is 22.3. The molecular formula is C30H45N3O. The van der Waals surface area contributed by atoms with Gasteiger partial charge in [-0.1, -0.05) is 65.0 Å². The minimum Gasteiger partial charge on any atom is -0.379 e. The topological polar surface area (TPSA) is 27.7 Å². The van der Waals surface area contributed by atoms with Crippen molar-refractivity contribution in [2.24, 2.45) is 0 Å². The van der Waals surface area contributed by atoms with Crippen molar-refractivity contribution < 1.29 is 4.74 Å². The Bertz CT molecular complexity index is 933. The van der Waals surface area contributed by atoms with Crippen molar-refractivity contribution in [1.82, 2.24) is 10.2 Å². The third kappa shape index (κ3) is 6.02. The summed E-state index contributed by atoms with van der Waals surface area (Å²) in [5, 5.41) is 3.48. The molecule has 1 atom stereocenters. The molecule has 1 unspecified atom stereocenters. The zero-order valence-electron chi connectivity index (χ0n) is 22.3. The smallest absolute Gasteiger partial charge is 0.0670 e. The van der Waals surface area contributed by atoms with Crippen molar-refractivity contribution in [2.75, 3.05) is 51.3 Å². The maximum atomic E-state index is 5.59. The summed E-state index contributed by atoms with van der Waals surface area (Å²) in [6, 6.07) is 17.0. The van der Waals surface area contributed by atoms with Crippen LogP contribution in [-0.2, 0) is 28.5 Å². The van der Waals surface area contributed by atoms with Gasteiger partial charge in [-0.2, -0.15) is 0 Å². The van der Waals surface area contributed by atoms with E-state index in [0.717, 1.165) is 58.8 Å². The fourth-order valence-corrected chi connectivity index (χ4v) is 5.29. The van der Waals surface area contributed by atoms with Gasteiger partial charge in [-0.15, -0.1) is 0 Å². The first-order chi connectivity index (χ1) is 16.1. The van der Waals surface area contributed by atoms with Crippen LogP contribution in [0.4, 0.5) is 5.69 Å². The summed E-state index contributed by atoms with van der Waals surface area (Å²) in [6.45, 7) is 19.0. The highest BCUT2D eigenvalue weighted by atomic mass is 16.5. The Balaban J connectivity index is 1.56. The number of hydrogen-bond donors (Lipinski definition) is 1. The molecule has 34 heavy (non-hydrogen) atoms. The van der Waals surface area contributed by atoms with E-state index in [4.69, 9.17) is 4.74 Å². The van der Waals surface area contributed by atoms with Crippen molar-refractivity contribution in [3.63, 3.8) is 0 Å². The average Bonchev–Trinajstić information content (AvgIpc) is 3.35. The number of likely N-dealkylation sites (N-methyl/N-ethyl adjacent to an activating group) is 1. The van der Waals surface area contributed by atoms with Crippen LogP contribution in [0.5, 0.6) is 0 Å². The lowest BCUT2D eigenvalue weighted by Gasteiger charge is -2.32.